The van der Waals surface area contributed by atoms with Gasteiger partial charge in [-0.3, -0.25) is 14.5 Å². The molecule has 1 aromatic carbocycles. The number of benzene rings is 1. The summed E-state index contributed by atoms with van der Waals surface area (Å²) in [5, 5.41) is 9.38. The fourth-order valence-electron chi connectivity index (χ4n) is 3.83. The summed E-state index contributed by atoms with van der Waals surface area (Å²) in [7, 11) is 3.21. The molecule has 2 heterocycles. The number of nitrogens with zero attached hydrogens (tertiary/aromatic N) is 2. The lowest BCUT2D eigenvalue weighted by molar-refractivity contribution is -0.146. The van der Waals surface area contributed by atoms with Crippen LogP contribution in [0.25, 0.3) is 0 Å². The van der Waals surface area contributed by atoms with Crippen molar-refractivity contribution in [2.45, 2.75) is 38.3 Å². The predicted molar refractivity (Wildman–Crippen MR) is 103 cm³/mol. The summed E-state index contributed by atoms with van der Waals surface area (Å²) in [4.78, 5) is 27.8. The Morgan fingerprint density at radius 2 is 1.78 bits per heavy atom. The van der Waals surface area contributed by atoms with Gasteiger partial charge in [0.05, 0.1) is 20.8 Å². The van der Waals surface area contributed by atoms with Gasteiger partial charge in [-0.15, -0.1) is 12.4 Å². The molecular formula is C19H27ClN2O5. The summed E-state index contributed by atoms with van der Waals surface area (Å²) < 4.78 is 10.7. The van der Waals surface area contributed by atoms with Crippen LogP contribution in [0.3, 0.4) is 0 Å². The molecule has 0 bridgehead atoms. The molecule has 1 aromatic rings. The number of methoxy groups -OCH3 is 2. The van der Waals surface area contributed by atoms with Crippen LogP contribution in [0.2, 0.25) is 0 Å². The highest BCUT2D eigenvalue weighted by Gasteiger charge is 2.31. The zero-order valence-corrected chi connectivity index (χ0v) is 16.6. The van der Waals surface area contributed by atoms with Crippen LogP contribution in [0.1, 0.15) is 30.4 Å². The number of carbonyl (C=O) groups is 2. The number of likely N-dealkylation sites (tertiary alicyclic amines) is 1. The lowest BCUT2D eigenvalue weighted by Crippen LogP contribution is -2.50. The molecule has 0 aliphatic carbocycles. The van der Waals surface area contributed by atoms with Crippen LogP contribution >= 0.6 is 12.4 Å². The van der Waals surface area contributed by atoms with Gasteiger partial charge in [-0.1, -0.05) is 6.42 Å². The summed E-state index contributed by atoms with van der Waals surface area (Å²) in [6.45, 7) is 1.98. The van der Waals surface area contributed by atoms with Crippen LogP contribution < -0.4 is 9.47 Å². The number of ether oxygens (including phenoxy) is 2. The van der Waals surface area contributed by atoms with Gasteiger partial charge in [0.2, 0.25) is 5.91 Å². The van der Waals surface area contributed by atoms with Crippen LogP contribution in [0.15, 0.2) is 12.1 Å². The van der Waals surface area contributed by atoms with Crippen molar-refractivity contribution in [3.63, 3.8) is 0 Å². The van der Waals surface area contributed by atoms with E-state index in [0.29, 0.717) is 37.6 Å². The standard InChI is InChI=1S/C19H26N2O5.ClH/c1-25-16-9-13-6-8-21(11-14(13)10-17(16)26-2)18(22)12-20-7-4-3-5-15(20)19(23)24;/h9-10,15H,3-8,11-12H2,1-2H3,(H,23,24);1H. The quantitative estimate of drug-likeness (QED) is 0.816. The Morgan fingerprint density at radius 3 is 2.41 bits per heavy atom. The number of piperidine rings is 1. The molecule has 8 heteroatoms. The average molecular weight is 399 g/mol. The van der Waals surface area contributed by atoms with E-state index in [9.17, 15) is 14.7 Å². The molecule has 1 unspecified atom stereocenters. The van der Waals surface area contributed by atoms with E-state index in [1.54, 1.807) is 19.1 Å². The highest BCUT2D eigenvalue weighted by molar-refractivity contribution is 5.85. The number of fused-ring (bicyclic) bond motifs is 1. The van der Waals surface area contributed by atoms with Crippen molar-refractivity contribution in [1.82, 2.24) is 9.80 Å². The third kappa shape index (κ3) is 4.65. The van der Waals surface area contributed by atoms with Crippen LogP contribution in [0, 0.1) is 0 Å². The molecule has 3 rings (SSSR count). The molecule has 7 nitrogen and oxygen atoms in total. The zero-order valence-electron chi connectivity index (χ0n) is 15.8. The van der Waals surface area contributed by atoms with Gasteiger partial charge in [0.1, 0.15) is 6.04 Å². The van der Waals surface area contributed by atoms with E-state index in [1.807, 2.05) is 17.0 Å². The molecule has 1 saturated heterocycles. The Bertz CT molecular complexity index is 697. The van der Waals surface area contributed by atoms with E-state index < -0.39 is 12.0 Å². The summed E-state index contributed by atoms with van der Waals surface area (Å²) in [6, 6.07) is 3.35. The molecule has 0 aromatic heterocycles. The Kier molecular flexibility index (Phi) is 7.33. The van der Waals surface area contributed by atoms with E-state index in [-0.39, 0.29) is 24.9 Å². The van der Waals surface area contributed by atoms with Gasteiger partial charge in [0, 0.05) is 13.1 Å². The van der Waals surface area contributed by atoms with Crippen molar-refractivity contribution in [3.05, 3.63) is 23.3 Å². The summed E-state index contributed by atoms with van der Waals surface area (Å²) in [5.41, 5.74) is 2.21. The van der Waals surface area contributed by atoms with E-state index >= 15 is 0 Å². The second-order valence-electron chi connectivity index (χ2n) is 6.86. The van der Waals surface area contributed by atoms with E-state index in [0.717, 1.165) is 30.4 Å². The fraction of sp³-hybridized carbons (Fsp3) is 0.579. The van der Waals surface area contributed by atoms with E-state index in [2.05, 4.69) is 0 Å². The number of rotatable bonds is 5. The van der Waals surface area contributed by atoms with Gasteiger partial charge in [-0.05, 0) is 49.1 Å². The smallest absolute Gasteiger partial charge is 0.320 e. The normalized spacial score (nSPS) is 19.6. The fourth-order valence-corrected chi connectivity index (χ4v) is 3.83. The summed E-state index contributed by atoms with van der Waals surface area (Å²) in [6.07, 6.45) is 3.21. The van der Waals surface area contributed by atoms with Crippen molar-refractivity contribution in [2.24, 2.45) is 0 Å². The Morgan fingerprint density at radius 1 is 1.11 bits per heavy atom. The second kappa shape index (κ2) is 9.28. The minimum atomic E-state index is -0.835. The van der Waals surface area contributed by atoms with Crippen molar-refractivity contribution in [1.29, 1.82) is 0 Å². The molecule has 2 aliphatic heterocycles. The predicted octanol–water partition coefficient (Wildman–Crippen LogP) is 1.95. The number of carbonyl (C=O) groups excluding carboxylic acids is 1. The zero-order chi connectivity index (χ0) is 18.7. The van der Waals surface area contributed by atoms with Crippen molar-refractivity contribution < 1.29 is 24.2 Å². The van der Waals surface area contributed by atoms with Gasteiger partial charge < -0.3 is 19.5 Å². The molecule has 0 radical (unpaired) electrons. The van der Waals surface area contributed by atoms with Crippen molar-refractivity contribution in [2.75, 3.05) is 33.9 Å². The molecule has 1 N–H and O–H groups in total. The first-order valence-corrected chi connectivity index (χ1v) is 9.02. The molecule has 0 spiro atoms. The molecule has 1 atom stereocenters. The Balaban J connectivity index is 0.00000261. The van der Waals surface area contributed by atoms with Crippen LogP contribution in [0.4, 0.5) is 0 Å². The number of hydrogen-bond acceptors (Lipinski definition) is 5. The second-order valence-corrected chi connectivity index (χ2v) is 6.86. The molecule has 2 aliphatic rings. The number of aliphatic carboxylic acids is 1. The SMILES string of the molecule is COc1cc2c(cc1OC)CN(C(=O)CN1CCCCC1C(=O)O)CC2.Cl. The molecule has 0 saturated carbocycles. The van der Waals surface area contributed by atoms with E-state index in [1.165, 1.54) is 0 Å². The summed E-state index contributed by atoms with van der Waals surface area (Å²) in [5.74, 6) is 0.503. The molecule has 27 heavy (non-hydrogen) atoms. The molecular weight excluding hydrogens is 372 g/mol. The maximum atomic E-state index is 12.8. The van der Waals surface area contributed by atoms with Gasteiger partial charge in [-0.25, -0.2) is 0 Å². The van der Waals surface area contributed by atoms with Crippen LogP contribution in [0.5, 0.6) is 11.5 Å². The number of carboxylic acid groups (broad SMARTS) is 1. The third-order valence-corrected chi connectivity index (χ3v) is 5.31. The van der Waals surface area contributed by atoms with E-state index in [4.69, 9.17) is 9.47 Å². The third-order valence-electron chi connectivity index (χ3n) is 5.31. The lowest BCUT2D eigenvalue weighted by Gasteiger charge is -2.35. The number of carboxylic acids is 1. The summed E-state index contributed by atoms with van der Waals surface area (Å²) >= 11 is 0. The van der Waals surface area contributed by atoms with Gasteiger partial charge in [0.15, 0.2) is 11.5 Å². The largest absolute Gasteiger partial charge is 0.493 e. The first kappa shape index (κ1) is 21.3. The molecule has 1 fully saturated rings. The van der Waals surface area contributed by atoms with Crippen LogP contribution in [-0.2, 0) is 22.6 Å². The maximum absolute atomic E-state index is 12.8. The maximum Gasteiger partial charge on any atom is 0.320 e. The highest BCUT2D eigenvalue weighted by Crippen LogP contribution is 2.33. The molecule has 1 amide bonds. The van der Waals surface area contributed by atoms with Crippen LogP contribution in [-0.4, -0.2) is 66.7 Å². The topological polar surface area (TPSA) is 79.3 Å². The average Bonchev–Trinajstić information content (AvgIpc) is 2.66. The van der Waals surface area contributed by atoms with Gasteiger partial charge in [-0.2, -0.15) is 0 Å². The number of hydrogen-bond donors (Lipinski definition) is 1. The van der Waals surface area contributed by atoms with Crippen molar-refractivity contribution in [3.8, 4) is 11.5 Å². The minimum Gasteiger partial charge on any atom is -0.493 e. The molecule has 150 valence electrons. The monoisotopic (exact) mass is 398 g/mol. The first-order chi connectivity index (χ1) is 12.5. The lowest BCUT2D eigenvalue weighted by atomic mass is 9.98. The Hall–Kier alpha value is -1.99. The highest BCUT2D eigenvalue weighted by atomic mass is 35.5. The van der Waals surface area contributed by atoms with Gasteiger partial charge >= 0.3 is 5.97 Å². The number of halogens is 1. The van der Waals surface area contributed by atoms with Gasteiger partial charge in [0.25, 0.3) is 0 Å². The number of amides is 1. The first-order valence-electron chi connectivity index (χ1n) is 9.02. The minimum absolute atomic E-state index is 0. The van der Waals surface area contributed by atoms with Crippen molar-refractivity contribution >= 4 is 24.3 Å². The Labute approximate surface area is 165 Å².